The number of anilines is 1. The molecule has 88 valence electrons. The Balaban J connectivity index is 2.39. The zero-order valence-electron chi connectivity index (χ0n) is 9.81. The molecule has 0 aromatic heterocycles. The van der Waals surface area contributed by atoms with E-state index < -0.39 is 0 Å². The highest BCUT2D eigenvalue weighted by Crippen LogP contribution is 2.29. The van der Waals surface area contributed by atoms with E-state index in [0.717, 1.165) is 21.3 Å². The van der Waals surface area contributed by atoms with Crippen molar-refractivity contribution < 1.29 is 5.11 Å². The third-order valence-corrected chi connectivity index (χ3v) is 3.06. The molecule has 17 heavy (non-hydrogen) atoms. The van der Waals surface area contributed by atoms with Crippen molar-refractivity contribution >= 4 is 21.6 Å². The SMILES string of the molecule is CN(C)c1ccc(-c2cc(O)cc(Br)c2)cc1. The molecule has 0 aliphatic carbocycles. The molecule has 0 aliphatic heterocycles. The number of hydrogen-bond acceptors (Lipinski definition) is 2. The van der Waals surface area contributed by atoms with Crippen LogP contribution in [-0.2, 0) is 0 Å². The Labute approximate surface area is 110 Å². The Hall–Kier alpha value is -1.48. The van der Waals surface area contributed by atoms with Crippen LogP contribution >= 0.6 is 15.9 Å². The van der Waals surface area contributed by atoms with Crippen LogP contribution in [0.3, 0.4) is 0 Å². The van der Waals surface area contributed by atoms with Gasteiger partial charge in [0.1, 0.15) is 5.75 Å². The van der Waals surface area contributed by atoms with Gasteiger partial charge in [-0.1, -0.05) is 28.1 Å². The van der Waals surface area contributed by atoms with E-state index in [1.54, 1.807) is 12.1 Å². The number of aromatic hydroxyl groups is 1. The molecule has 0 heterocycles. The second kappa shape index (κ2) is 4.80. The minimum Gasteiger partial charge on any atom is -0.508 e. The summed E-state index contributed by atoms with van der Waals surface area (Å²) in [5.41, 5.74) is 3.25. The smallest absolute Gasteiger partial charge is 0.117 e. The molecule has 0 saturated heterocycles. The van der Waals surface area contributed by atoms with Crippen LogP contribution in [0.4, 0.5) is 5.69 Å². The van der Waals surface area contributed by atoms with Crippen LogP contribution in [0.5, 0.6) is 5.75 Å². The van der Waals surface area contributed by atoms with Crippen LogP contribution in [0, 0.1) is 0 Å². The Morgan fingerprint density at radius 1 is 0.941 bits per heavy atom. The number of hydrogen-bond donors (Lipinski definition) is 1. The number of phenols is 1. The standard InChI is InChI=1S/C14H14BrNO/c1-16(2)13-5-3-10(4-6-13)11-7-12(15)9-14(17)8-11/h3-9,17H,1-2H3. The average molecular weight is 292 g/mol. The first kappa shape index (κ1) is 12.0. The molecule has 0 fully saturated rings. The van der Waals surface area contributed by atoms with Gasteiger partial charge in [0.25, 0.3) is 0 Å². The highest BCUT2D eigenvalue weighted by Gasteiger charge is 2.02. The van der Waals surface area contributed by atoms with E-state index in [1.165, 1.54) is 0 Å². The number of nitrogens with zero attached hydrogens (tertiary/aromatic N) is 1. The van der Waals surface area contributed by atoms with E-state index in [9.17, 15) is 5.11 Å². The lowest BCUT2D eigenvalue weighted by molar-refractivity contribution is 0.475. The third-order valence-electron chi connectivity index (χ3n) is 2.60. The van der Waals surface area contributed by atoms with E-state index in [-0.39, 0.29) is 5.75 Å². The van der Waals surface area contributed by atoms with Gasteiger partial charge in [0, 0.05) is 24.3 Å². The average Bonchev–Trinajstić information content (AvgIpc) is 2.28. The van der Waals surface area contributed by atoms with Gasteiger partial charge in [-0.15, -0.1) is 0 Å². The molecule has 2 rings (SSSR count). The molecule has 2 aromatic rings. The molecule has 0 amide bonds. The van der Waals surface area contributed by atoms with Crippen LogP contribution in [0.15, 0.2) is 46.9 Å². The van der Waals surface area contributed by atoms with Crippen LogP contribution < -0.4 is 4.90 Å². The minimum atomic E-state index is 0.270. The first-order valence-electron chi connectivity index (χ1n) is 5.33. The molecule has 0 atom stereocenters. The van der Waals surface area contributed by atoms with Crippen molar-refractivity contribution in [3.8, 4) is 16.9 Å². The first-order valence-corrected chi connectivity index (χ1v) is 6.13. The molecule has 3 heteroatoms. The molecule has 0 spiro atoms. The van der Waals surface area contributed by atoms with E-state index in [2.05, 4.69) is 45.1 Å². The summed E-state index contributed by atoms with van der Waals surface area (Å²) in [6.07, 6.45) is 0. The normalized spacial score (nSPS) is 10.3. The summed E-state index contributed by atoms with van der Waals surface area (Å²) >= 11 is 3.38. The summed E-state index contributed by atoms with van der Waals surface area (Å²) in [7, 11) is 4.03. The van der Waals surface area contributed by atoms with Gasteiger partial charge in [0.2, 0.25) is 0 Å². The lowest BCUT2D eigenvalue weighted by Crippen LogP contribution is -2.07. The second-order valence-electron chi connectivity index (χ2n) is 4.14. The van der Waals surface area contributed by atoms with Gasteiger partial charge in [-0.3, -0.25) is 0 Å². The monoisotopic (exact) mass is 291 g/mol. The van der Waals surface area contributed by atoms with E-state index >= 15 is 0 Å². The van der Waals surface area contributed by atoms with Gasteiger partial charge >= 0.3 is 0 Å². The van der Waals surface area contributed by atoms with Crippen molar-refractivity contribution in [2.45, 2.75) is 0 Å². The fourth-order valence-electron chi connectivity index (χ4n) is 1.69. The summed E-state index contributed by atoms with van der Waals surface area (Å²) in [6, 6.07) is 13.7. The lowest BCUT2D eigenvalue weighted by Gasteiger charge is -2.13. The van der Waals surface area contributed by atoms with E-state index in [1.807, 2.05) is 20.2 Å². The van der Waals surface area contributed by atoms with Gasteiger partial charge in [-0.25, -0.2) is 0 Å². The van der Waals surface area contributed by atoms with Gasteiger partial charge in [0.15, 0.2) is 0 Å². The first-order chi connectivity index (χ1) is 8.06. The topological polar surface area (TPSA) is 23.5 Å². The Morgan fingerprint density at radius 2 is 1.59 bits per heavy atom. The van der Waals surface area contributed by atoms with E-state index in [0.29, 0.717) is 0 Å². The quantitative estimate of drug-likeness (QED) is 0.907. The van der Waals surface area contributed by atoms with Gasteiger partial charge in [-0.05, 0) is 41.5 Å². The minimum absolute atomic E-state index is 0.270. The number of phenolic OH excluding ortho intramolecular Hbond substituents is 1. The predicted molar refractivity (Wildman–Crippen MR) is 75.6 cm³/mol. The van der Waals surface area contributed by atoms with Crippen molar-refractivity contribution in [3.63, 3.8) is 0 Å². The molecule has 0 saturated carbocycles. The van der Waals surface area contributed by atoms with Crippen molar-refractivity contribution in [2.24, 2.45) is 0 Å². The summed E-state index contributed by atoms with van der Waals surface area (Å²) in [5, 5.41) is 9.56. The fourth-order valence-corrected chi connectivity index (χ4v) is 2.17. The second-order valence-corrected chi connectivity index (χ2v) is 5.06. The highest BCUT2D eigenvalue weighted by molar-refractivity contribution is 9.10. The summed E-state index contributed by atoms with van der Waals surface area (Å²) in [4.78, 5) is 2.06. The molecule has 0 aliphatic rings. The molecular weight excluding hydrogens is 278 g/mol. The Kier molecular flexibility index (Phi) is 3.38. The summed E-state index contributed by atoms with van der Waals surface area (Å²) in [6.45, 7) is 0. The Bertz CT molecular complexity index is 500. The van der Waals surface area contributed by atoms with Crippen molar-refractivity contribution in [1.82, 2.24) is 0 Å². The van der Waals surface area contributed by atoms with Crippen LogP contribution in [0.2, 0.25) is 0 Å². The van der Waals surface area contributed by atoms with Crippen molar-refractivity contribution in [1.29, 1.82) is 0 Å². The maximum absolute atomic E-state index is 9.56. The zero-order valence-corrected chi connectivity index (χ0v) is 11.4. The van der Waals surface area contributed by atoms with Crippen LogP contribution in [0.1, 0.15) is 0 Å². The maximum Gasteiger partial charge on any atom is 0.117 e. The van der Waals surface area contributed by atoms with Gasteiger partial charge in [0.05, 0.1) is 0 Å². The summed E-state index contributed by atoms with van der Waals surface area (Å²) < 4.78 is 0.879. The Morgan fingerprint density at radius 3 is 2.12 bits per heavy atom. The molecule has 2 nitrogen and oxygen atoms in total. The number of benzene rings is 2. The summed E-state index contributed by atoms with van der Waals surface area (Å²) in [5.74, 6) is 0.270. The lowest BCUT2D eigenvalue weighted by atomic mass is 10.1. The molecule has 1 N–H and O–H groups in total. The molecule has 0 bridgehead atoms. The van der Waals surface area contributed by atoms with Gasteiger partial charge in [-0.2, -0.15) is 0 Å². The molecule has 0 radical (unpaired) electrons. The predicted octanol–water partition coefficient (Wildman–Crippen LogP) is 3.89. The van der Waals surface area contributed by atoms with Crippen LogP contribution in [0.25, 0.3) is 11.1 Å². The zero-order chi connectivity index (χ0) is 12.4. The third kappa shape index (κ3) is 2.80. The van der Waals surface area contributed by atoms with Gasteiger partial charge < -0.3 is 10.0 Å². The number of halogens is 1. The molecule has 0 unspecified atom stereocenters. The molecular formula is C14H14BrNO. The highest BCUT2D eigenvalue weighted by atomic mass is 79.9. The maximum atomic E-state index is 9.56. The van der Waals surface area contributed by atoms with E-state index in [4.69, 9.17) is 0 Å². The fraction of sp³-hybridized carbons (Fsp3) is 0.143. The molecule has 2 aromatic carbocycles. The van der Waals surface area contributed by atoms with Crippen molar-refractivity contribution in [3.05, 3.63) is 46.9 Å². The van der Waals surface area contributed by atoms with Crippen LogP contribution in [-0.4, -0.2) is 19.2 Å². The number of rotatable bonds is 2. The van der Waals surface area contributed by atoms with Crippen molar-refractivity contribution in [2.75, 3.05) is 19.0 Å². The largest absolute Gasteiger partial charge is 0.508 e.